The van der Waals surface area contributed by atoms with Gasteiger partial charge in [0.1, 0.15) is 0 Å². The van der Waals surface area contributed by atoms with Gasteiger partial charge in [-0.2, -0.15) is 11.8 Å². The third-order valence-corrected chi connectivity index (χ3v) is 3.98. The lowest BCUT2D eigenvalue weighted by atomic mass is 10.1. The summed E-state index contributed by atoms with van der Waals surface area (Å²) < 4.78 is 0. The van der Waals surface area contributed by atoms with Crippen LogP contribution in [-0.4, -0.2) is 29.3 Å². The average Bonchev–Trinajstić information content (AvgIpc) is 2.69. The second-order valence-corrected chi connectivity index (χ2v) is 5.18. The van der Waals surface area contributed by atoms with Crippen molar-refractivity contribution in [2.24, 2.45) is 5.92 Å². The Morgan fingerprint density at radius 2 is 2.50 bits per heavy atom. The van der Waals surface area contributed by atoms with E-state index in [1.807, 2.05) is 11.8 Å². The highest BCUT2D eigenvalue weighted by atomic mass is 35.5. The molecule has 0 saturated carbocycles. The van der Waals surface area contributed by atoms with Gasteiger partial charge >= 0.3 is 0 Å². The van der Waals surface area contributed by atoms with Crippen LogP contribution in [0.4, 0.5) is 0 Å². The van der Waals surface area contributed by atoms with E-state index >= 15 is 0 Å². The zero-order valence-electron chi connectivity index (χ0n) is 8.59. The summed E-state index contributed by atoms with van der Waals surface area (Å²) in [6, 6.07) is 0.269. The van der Waals surface area contributed by atoms with Crippen molar-refractivity contribution in [2.75, 3.05) is 17.4 Å². The first kappa shape index (κ1) is 12.2. The number of hydrogen-bond donors (Lipinski definition) is 1. The largest absolute Gasteiger partial charge is 0.353 e. The molecule has 1 aliphatic rings. The number of halogens is 1. The van der Waals surface area contributed by atoms with Gasteiger partial charge in [-0.1, -0.05) is 6.92 Å². The van der Waals surface area contributed by atoms with Crippen molar-refractivity contribution in [3.05, 3.63) is 0 Å². The van der Waals surface area contributed by atoms with Crippen molar-refractivity contribution >= 4 is 29.3 Å². The summed E-state index contributed by atoms with van der Waals surface area (Å²) in [5, 5.41) is 3.07. The molecule has 1 heterocycles. The van der Waals surface area contributed by atoms with Gasteiger partial charge in [-0.05, 0) is 25.0 Å². The number of carbonyl (C=O) groups excluding carboxylic acids is 1. The smallest absolute Gasteiger partial charge is 0.224 e. The molecule has 0 aliphatic carbocycles. The van der Waals surface area contributed by atoms with E-state index in [-0.39, 0.29) is 17.9 Å². The van der Waals surface area contributed by atoms with E-state index in [1.54, 1.807) is 0 Å². The van der Waals surface area contributed by atoms with Crippen LogP contribution in [-0.2, 0) is 4.79 Å². The summed E-state index contributed by atoms with van der Waals surface area (Å²) in [6.07, 6.45) is 2.88. The highest BCUT2D eigenvalue weighted by molar-refractivity contribution is 7.99. The molecule has 82 valence electrons. The Morgan fingerprint density at radius 1 is 1.71 bits per heavy atom. The predicted molar refractivity (Wildman–Crippen MR) is 63.0 cm³/mol. The molecule has 1 aliphatic heterocycles. The summed E-state index contributed by atoms with van der Waals surface area (Å²) in [5.74, 6) is 3.21. The SMILES string of the molecule is CCC(CCCl)NC(=O)C1CCSC1. The molecule has 1 N–H and O–H groups in total. The molecule has 1 fully saturated rings. The quantitative estimate of drug-likeness (QED) is 0.741. The second-order valence-electron chi connectivity index (χ2n) is 3.65. The molecular weight excluding hydrogens is 218 g/mol. The van der Waals surface area contributed by atoms with E-state index < -0.39 is 0 Å². The molecule has 0 radical (unpaired) electrons. The number of alkyl halides is 1. The Kier molecular flexibility index (Phi) is 5.71. The molecule has 0 aromatic heterocycles. The molecule has 1 rings (SSSR count). The van der Waals surface area contributed by atoms with Gasteiger partial charge in [0.2, 0.25) is 5.91 Å². The number of thioether (sulfide) groups is 1. The molecule has 1 amide bonds. The molecule has 1 saturated heterocycles. The molecule has 0 aromatic carbocycles. The first-order valence-electron chi connectivity index (χ1n) is 5.22. The van der Waals surface area contributed by atoms with E-state index in [0.717, 1.165) is 30.8 Å². The third kappa shape index (κ3) is 3.70. The zero-order chi connectivity index (χ0) is 10.4. The highest BCUT2D eigenvalue weighted by Crippen LogP contribution is 2.23. The van der Waals surface area contributed by atoms with Crippen LogP contribution in [0.1, 0.15) is 26.2 Å². The van der Waals surface area contributed by atoms with Gasteiger partial charge in [-0.15, -0.1) is 11.6 Å². The molecule has 4 heteroatoms. The molecular formula is C10H18ClNOS. The lowest BCUT2D eigenvalue weighted by Crippen LogP contribution is -2.38. The Labute approximate surface area is 95.2 Å². The minimum Gasteiger partial charge on any atom is -0.353 e. The minimum absolute atomic E-state index is 0.229. The maximum atomic E-state index is 11.7. The lowest BCUT2D eigenvalue weighted by molar-refractivity contribution is -0.125. The van der Waals surface area contributed by atoms with Crippen molar-refractivity contribution in [3.8, 4) is 0 Å². The predicted octanol–water partition coefficient (Wildman–Crippen LogP) is 2.26. The van der Waals surface area contributed by atoms with Crippen LogP contribution in [0.3, 0.4) is 0 Å². The van der Waals surface area contributed by atoms with E-state index in [2.05, 4.69) is 12.2 Å². The first-order chi connectivity index (χ1) is 6.77. The summed E-state index contributed by atoms with van der Waals surface area (Å²) in [7, 11) is 0. The zero-order valence-corrected chi connectivity index (χ0v) is 10.2. The Morgan fingerprint density at radius 3 is 3.00 bits per heavy atom. The van der Waals surface area contributed by atoms with Crippen LogP contribution in [0.5, 0.6) is 0 Å². The summed E-state index contributed by atoms with van der Waals surface area (Å²) in [4.78, 5) is 11.7. The van der Waals surface area contributed by atoms with Crippen LogP contribution in [0, 0.1) is 5.92 Å². The van der Waals surface area contributed by atoms with Gasteiger partial charge in [-0.25, -0.2) is 0 Å². The number of amides is 1. The fourth-order valence-electron chi connectivity index (χ4n) is 1.57. The third-order valence-electron chi connectivity index (χ3n) is 2.60. The van der Waals surface area contributed by atoms with Crippen molar-refractivity contribution in [1.82, 2.24) is 5.32 Å². The molecule has 0 aromatic rings. The van der Waals surface area contributed by atoms with Crippen LogP contribution in [0.2, 0.25) is 0 Å². The van der Waals surface area contributed by atoms with E-state index in [0.29, 0.717) is 5.88 Å². The number of rotatable bonds is 5. The summed E-state index contributed by atoms with van der Waals surface area (Å²) in [5.41, 5.74) is 0. The van der Waals surface area contributed by atoms with Crippen molar-refractivity contribution < 1.29 is 4.79 Å². The lowest BCUT2D eigenvalue weighted by Gasteiger charge is -2.18. The Hall–Kier alpha value is 0.110. The number of hydrogen-bond acceptors (Lipinski definition) is 2. The van der Waals surface area contributed by atoms with Crippen molar-refractivity contribution in [3.63, 3.8) is 0 Å². The van der Waals surface area contributed by atoms with Crippen molar-refractivity contribution in [1.29, 1.82) is 0 Å². The molecule has 14 heavy (non-hydrogen) atoms. The number of carbonyl (C=O) groups is 1. The fourth-order valence-corrected chi connectivity index (χ4v) is 3.05. The first-order valence-corrected chi connectivity index (χ1v) is 6.91. The fraction of sp³-hybridized carbons (Fsp3) is 0.900. The van der Waals surface area contributed by atoms with Gasteiger partial charge in [0.25, 0.3) is 0 Å². The molecule has 0 bridgehead atoms. The molecule has 2 unspecified atom stereocenters. The van der Waals surface area contributed by atoms with Gasteiger partial charge < -0.3 is 5.32 Å². The van der Waals surface area contributed by atoms with Gasteiger partial charge in [0.05, 0.1) is 0 Å². The molecule has 0 spiro atoms. The normalized spacial score (nSPS) is 23.4. The van der Waals surface area contributed by atoms with Crippen LogP contribution in [0.25, 0.3) is 0 Å². The minimum atomic E-state index is 0.229. The van der Waals surface area contributed by atoms with Crippen LogP contribution in [0.15, 0.2) is 0 Å². The van der Waals surface area contributed by atoms with Gasteiger partial charge in [0.15, 0.2) is 0 Å². The number of nitrogens with one attached hydrogen (secondary N) is 1. The van der Waals surface area contributed by atoms with Crippen LogP contribution >= 0.6 is 23.4 Å². The van der Waals surface area contributed by atoms with E-state index in [1.165, 1.54) is 0 Å². The maximum absolute atomic E-state index is 11.7. The van der Waals surface area contributed by atoms with Crippen LogP contribution < -0.4 is 5.32 Å². The van der Waals surface area contributed by atoms with E-state index in [9.17, 15) is 4.79 Å². The Bertz CT molecular complexity index is 183. The standard InChI is InChI=1S/C10H18ClNOS/c1-2-9(3-5-11)12-10(13)8-4-6-14-7-8/h8-9H,2-7H2,1H3,(H,12,13). The second kappa shape index (κ2) is 6.57. The van der Waals surface area contributed by atoms with E-state index in [4.69, 9.17) is 11.6 Å². The highest BCUT2D eigenvalue weighted by Gasteiger charge is 2.24. The van der Waals surface area contributed by atoms with Gasteiger partial charge in [-0.3, -0.25) is 4.79 Å². The molecule has 2 nitrogen and oxygen atoms in total. The Balaban J connectivity index is 2.29. The average molecular weight is 236 g/mol. The summed E-state index contributed by atoms with van der Waals surface area (Å²) in [6.45, 7) is 2.08. The summed E-state index contributed by atoms with van der Waals surface area (Å²) >= 11 is 7.53. The monoisotopic (exact) mass is 235 g/mol. The topological polar surface area (TPSA) is 29.1 Å². The maximum Gasteiger partial charge on any atom is 0.224 e. The van der Waals surface area contributed by atoms with Crippen molar-refractivity contribution in [2.45, 2.75) is 32.2 Å². The van der Waals surface area contributed by atoms with Gasteiger partial charge in [0, 0.05) is 23.6 Å². The molecule has 2 atom stereocenters.